The van der Waals surface area contributed by atoms with Gasteiger partial charge in [0.15, 0.2) is 0 Å². The lowest BCUT2D eigenvalue weighted by molar-refractivity contribution is -0.306. The SMILES string of the molecule is CC[C@@H](Nc1ncnc2ccc(C)cc12)C(=O)[O-]. The zero-order valence-corrected chi connectivity index (χ0v) is 10.3. The molecule has 0 bridgehead atoms. The van der Waals surface area contributed by atoms with Crippen LogP contribution >= 0.6 is 0 Å². The van der Waals surface area contributed by atoms with Gasteiger partial charge in [0, 0.05) is 5.39 Å². The van der Waals surface area contributed by atoms with E-state index in [1.54, 1.807) is 6.92 Å². The second-order valence-electron chi connectivity index (χ2n) is 4.17. The van der Waals surface area contributed by atoms with Crippen molar-refractivity contribution in [2.24, 2.45) is 0 Å². The molecule has 18 heavy (non-hydrogen) atoms. The summed E-state index contributed by atoms with van der Waals surface area (Å²) in [5.41, 5.74) is 1.85. The molecule has 1 N–H and O–H groups in total. The van der Waals surface area contributed by atoms with Crippen LogP contribution in [-0.4, -0.2) is 22.0 Å². The summed E-state index contributed by atoms with van der Waals surface area (Å²) in [7, 11) is 0. The average Bonchev–Trinajstić information content (AvgIpc) is 2.35. The summed E-state index contributed by atoms with van der Waals surface area (Å²) < 4.78 is 0. The first-order valence-corrected chi connectivity index (χ1v) is 5.80. The minimum Gasteiger partial charge on any atom is -0.548 e. The summed E-state index contributed by atoms with van der Waals surface area (Å²) >= 11 is 0. The van der Waals surface area contributed by atoms with Crippen molar-refractivity contribution in [1.29, 1.82) is 0 Å². The number of hydrogen-bond donors (Lipinski definition) is 1. The smallest absolute Gasteiger partial charge is 0.137 e. The van der Waals surface area contributed by atoms with Crippen LogP contribution in [0.15, 0.2) is 24.5 Å². The number of aromatic nitrogens is 2. The summed E-state index contributed by atoms with van der Waals surface area (Å²) in [6, 6.07) is 5.02. The number of aliphatic carboxylic acids is 1. The molecule has 1 atom stereocenters. The van der Waals surface area contributed by atoms with Gasteiger partial charge in [-0.3, -0.25) is 0 Å². The molecular weight excluding hydrogens is 230 g/mol. The maximum atomic E-state index is 10.9. The molecule has 0 amide bonds. The number of aryl methyl sites for hydroxylation is 1. The van der Waals surface area contributed by atoms with E-state index in [0.29, 0.717) is 12.2 Å². The highest BCUT2D eigenvalue weighted by Crippen LogP contribution is 2.21. The Morgan fingerprint density at radius 2 is 2.22 bits per heavy atom. The molecule has 0 aliphatic heterocycles. The van der Waals surface area contributed by atoms with E-state index in [2.05, 4.69) is 15.3 Å². The van der Waals surface area contributed by atoms with Crippen molar-refractivity contribution in [2.75, 3.05) is 5.32 Å². The fraction of sp³-hybridized carbons (Fsp3) is 0.308. The lowest BCUT2D eigenvalue weighted by Gasteiger charge is -2.19. The molecule has 0 spiro atoms. The number of carboxylic acid groups (broad SMARTS) is 1. The minimum atomic E-state index is -1.13. The molecule has 0 saturated carbocycles. The Balaban J connectivity index is 2.44. The topological polar surface area (TPSA) is 77.9 Å². The van der Waals surface area contributed by atoms with Crippen molar-refractivity contribution >= 4 is 22.7 Å². The van der Waals surface area contributed by atoms with Gasteiger partial charge in [0.05, 0.1) is 17.5 Å². The summed E-state index contributed by atoms with van der Waals surface area (Å²) in [4.78, 5) is 19.2. The zero-order chi connectivity index (χ0) is 13.1. The Morgan fingerprint density at radius 1 is 1.44 bits per heavy atom. The van der Waals surface area contributed by atoms with Crippen LogP contribution in [0.3, 0.4) is 0 Å². The van der Waals surface area contributed by atoms with Crippen molar-refractivity contribution in [3.63, 3.8) is 0 Å². The molecule has 0 aliphatic carbocycles. The van der Waals surface area contributed by atoms with Gasteiger partial charge >= 0.3 is 0 Å². The van der Waals surface area contributed by atoms with Crippen LogP contribution < -0.4 is 10.4 Å². The lowest BCUT2D eigenvalue weighted by Crippen LogP contribution is -2.40. The second kappa shape index (κ2) is 5.00. The molecule has 0 aliphatic rings. The summed E-state index contributed by atoms with van der Waals surface area (Å²) in [5, 5.41) is 14.6. The highest BCUT2D eigenvalue weighted by molar-refractivity contribution is 5.90. The number of hydrogen-bond acceptors (Lipinski definition) is 5. The van der Waals surface area contributed by atoms with Crippen molar-refractivity contribution in [3.05, 3.63) is 30.1 Å². The summed E-state index contributed by atoms with van der Waals surface area (Å²) in [6.45, 7) is 3.74. The van der Waals surface area contributed by atoms with E-state index in [-0.39, 0.29) is 0 Å². The summed E-state index contributed by atoms with van der Waals surface area (Å²) in [6.07, 6.45) is 1.85. The number of fused-ring (bicyclic) bond motifs is 1. The van der Waals surface area contributed by atoms with Crippen LogP contribution in [0.4, 0.5) is 5.82 Å². The first-order chi connectivity index (χ1) is 8.61. The number of nitrogens with one attached hydrogen (secondary N) is 1. The van der Waals surface area contributed by atoms with E-state index >= 15 is 0 Å². The molecule has 5 nitrogen and oxygen atoms in total. The standard InChI is InChI=1S/C13H15N3O2/c1-3-10(13(17)18)16-12-9-6-8(2)4-5-11(9)14-7-15-12/h4-7,10H,3H2,1-2H3,(H,17,18)(H,14,15,16)/p-1/t10-/m1/s1. The number of nitrogens with zero attached hydrogens (tertiary/aromatic N) is 2. The molecule has 94 valence electrons. The lowest BCUT2D eigenvalue weighted by atomic mass is 10.1. The van der Waals surface area contributed by atoms with Gasteiger partial charge in [0.1, 0.15) is 12.1 Å². The van der Waals surface area contributed by atoms with Crippen LogP contribution in [0.5, 0.6) is 0 Å². The largest absolute Gasteiger partial charge is 0.548 e. The third-order valence-electron chi connectivity index (χ3n) is 2.79. The van der Waals surface area contributed by atoms with E-state index in [4.69, 9.17) is 0 Å². The molecule has 1 aromatic heterocycles. The molecule has 0 unspecified atom stereocenters. The average molecular weight is 244 g/mol. The van der Waals surface area contributed by atoms with Gasteiger partial charge < -0.3 is 15.2 Å². The van der Waals surface area contributed by atoms with Gasteiger partial charge in [0.2, 0.25) is 0 Å². The quantitative estimate of drug-likeness (QED) is 0.863. The predicted molar refractivity (Wildman–Crippen MR) is 67.0 cm³/mol. The molecule has 0 radical (unpaired) electrons. The fourth-order valence-electron chi connectivity index (χ4n) is 1.78. The van der Waals surface area contributed by atoms with Crippen molar-refractivity contribution < 1.29 is 9.90 Å². The monoisotopic (exact) mass is 244 g/mol. The first kappa shape index (κ1) is 12.3. The molecule has 0 fully saturated rings. The molecule has 1 aromatic carbocycles. The fourth-order valence-corrected chi connectivity index (χ4v) is 1.78. The predicted octanol–water partition coefficient (Wildman–Crippen LogP) is 0.879. The molecule has 2 aromatic rings. The van der Waals surface area contributed by atoms with Crippen LogP contribution in [0, 0.1) is 6.92 Å². The Kier molecular flexibility index (Phi) is 3.41. The van der Waals surface area contributed by atoms with Gasteiger partial charge in [0.25, 0.3) is 0 Å². The maximum absolute atomic E-state index is 10.9. The summed E-state index contributed by atoms with van der Waals surface area (Å²) in [5.74, 6) is -0.600. The number of carbonyl (C=O) groups excluding carboxylic acids is 1. The number of carbonyl (C=O) groups is 1. The van der Waals surface area contributed by atoms with E-state index in [1.807, 2.05) is 25.1 Å². The third-order valence-corrected chi connectivity index (χ3v) is 2.79. The molecule has 5 heteroatoms. The van der Waals surface area contributed by atoms with Crippen molar-refractivity contribution in [3.8, 4) is 0 Å². The van der Waals surface area contributed by atoms with Crippen molar-refractivity contribution in [2.45, 2.75) is 26.3 Å². The Bertz CT molecular complexity index is 583. The second-order valence-corrected chi connectivity index (χ2v) is 4.17. The minimum absolute atomic E-state index is 0.430. The van der Waals surface area contributed by atoms with Crippen LogP contribution in [0.2, 0.25) is 0 Å². The Labute approximate surface area is 105 Å². The van der Waals surface area contributed by atoms with E-state index in [9.17, 15) is 9.90 Å². The van der Waals surface area contributed by atoms with E-state index in [0.717, 1.165) is 16.5 Å². The van der Waals surface area contributed by atoms with Gasteiger partial charge in [-0.05, 0) is 25.5 Å². The molecule has 2 rings (SSSR count). The Morgan fingerprint density at radius 3 is 2.89 bits per heavy atom. The van der Waals surface area contributed by atoms with Gasteiger partial charge in [-0.25, -0.2) is 9.97 Å². The number of anilines is 1. The maximum Gasteiger partial charge on any atom is 0.137 e. The Hall–Kier alpha value is -2.17. The van der Waals surface area contributed by atoms with Crippen LogP contribution in [0.1, 0.15) is 18.9 Å². The zero-order valence-electron chi connectivity index (χ0n) is 10.3. The number of carboxylic acids is 1. The van der Waals surface area contributed by atoms with Crippen LogP contribution in [0.25, 0.3) is 10.9 Å². The first-order valence-electron chi connectivity index (χ1n) is 5.80. The molecular formula is C13H14N3O2-. The number of rotatable bonds is 4. The highest BCUT2D eigenvalue weighted by Gasteiger charge is 2.10. The third kappa shape index (κ3) is 2.40. The number of benzene rings is 1. The molecule has 0 saturated heterocycles. The molecule has 1 heterocycles. The van der Waals surface area contributed by atoms with Gasteiger partial charge in [-0.2, -0.15) is 0 Å². The van der Waals surface area contributed by atoms with Gasteiger partial charge in [-0.15, -0.1) is 0 Å². The highest BCUT2D eigenvalue weighted by atomic mass is 16.4. The van der Waals surface area contributed by atoms with Gasteiger partial charge in [-0.1, -0.05) is 18.6 Å². The van der Waals surface area contributed by atoms with Crippen molar-refractivity contribution in [1.82, 2.24) is 9.97 Å². The van der Waals surface area contributed by atoms with Crippen LogP contribution in [-0.2, 0) is 4.79 Å². The van der Waals surface area contributed by atoms with E-state index < -0.39 is 12.0 Å². The normalized spacial score (nSPS) is 12.3. The van der Waals surface area contributed by atoms with E-state index in [1.165, 1.54) is 6.33 Å².